The minimum Gasteiger partial charge on any atom is -0.491 e. The van der Waals surface area contributed by atoms with Gasteiger partial charge in [-0.05, 0) is 37.1 Å². The number of amides is 2. The molecule has 1 fully saturated rings. The van der Waals surface area contributed by atoms with Gasteiger partial charge in [-0.2, -0.15) is 0 Å². The van der Waals surface area contributed by atoms with E-state index in [2.05, 4.69) is 11.8 Å². The smallest absolute Gasteiger partial charge is 0.338 e. The molecule has 0 aliphatic carbocycles. The van der Waals surface area contributed by atoms with Crippen molar-refractivity contribution in [3.05, 3.63) is 30.1 Å². The van der Waals surface area contributed by atoms with Crippen LogP contribution in [0.15, 0.2) is 24.3 Å². The summed E-state index contributed by atoms with van der Waals surface area (Å²) in [5.74, 6) is 6.08. The molecule has 23 heavy (non-hydrogen) atoms. The van der Waals surface area contributed by atoms with E-state index >= 15 is 0 Å². The number of ether oxygens (including phenoxy) is 2. The van der Waals surface area contributed by atoms with E-state index < -0.39 is 6.03 Å². The van der Waals surface area contributed by atoms with Crippen LogP contribution in [0.2, 0.25) is 0 Å². The minimum atomic E-state index is -0.901. The maximum atomic E-state index is 12.8. The number of nitrogens with zero attached hydrogens (tertiary/aromatic N) is 1. The van der Waals surface area contributed by atoms with Crippen molar-refractivity contribution in [3.8, 4) is 17.6 Å². The molecular weight excluding hydrogens is 303 g/mol. The second-order valence-electron chi connectivity index (χ2n) is 5.12. The molecule has 6 nitrogen and oxygen atoms in total. The number of hydroxylamine groups is 2. The molecule has 124 valence electrons. The highest BCUT2D eigenvalue weighted by Crippen LogP contribution is 2.20. The third-order valence-electron chi connectivity index (χ3n) is 3.32. The van der Waals surface area contributed by atoms with Crippen molar-refractivity contribution in [3.63, 3.8) is 0 Å². The predicted octanol–water partition coefficient (Wildman–Crippen LogP) is 1.92. The molecule has 3 N–H and O–H groups in total. The summed E-state index contributed by atoms with van der Waals surface area (Å²) in [5, 5.41) is 9.50. The van der Waals surface area contributed by atoms with Crippen molar-refractivity contribution >= 4 is 6.03 Å². The molecule has 1 aromatic carbocycles. The summed E-state index contributed by atoms with van der Waals surface area (Å²) >= 11 is 0. The van der Waals surface area contributed by atoms with Crippen LogP contribution in [0.3, 0.4) is 0 Å². The Kier molecular flexibility index (Phi) is 6.20. The van der Waals surface area contributed by atoms with Crippen LogP contribution in [0, 0.1) is 17.7 Å². The molecule has 1 aliphatic heterocycles. The molecule has 1 saturated heterocycles. The first-order valence-corrected chi connectivity index (χ1v) is 7.32. The van der Waals surface area contributed by atoms with Gasteiger partial charge < -0.3 is 15.2 Å². The first-order chi connectivity index (χ1) is 11.0. The van der Waals surface area contributed by atoms with E-state index in [1.54, 1.807) is 12.1 Å². The van der Waals surface area contributed by atoms with Crippen LogP contribution in [0.4, 0.5) is 9.18 Å². The number of benzene rings is 1. The van der Waals surface area contributed by atoms with Gasteiger partial charge in [0.1, 0.15) is 24.3 Å². The first-order valence-electron chi connectivity index (χ1n) is 7.32. The van der Waals surface area contributed by atoms with Gasteiger partial charge in [0.25, 0.3) is 0 Å². The van der Waals surface area contributed by atoms with E-state index in [1.807, 2.05) is 0 Å². The summed E-state index contributed by atoms with van der Waals surface area (Å²) in [5.41, 5.74) is 4.88. The summed E-state index contributed by atoms with van der Waals surface area (Å²) in [6, 6.07) is 4.93. The zero-order valence-electron chi connectivity index (χ0n) is 12.6. The van der Waals surface area contributed by atoms with Crippen molar-refractivity contribution < 1.29 is 23.9 Å². The predicted molar refractivity (Wildman–Crippen MR) is 80.3 cm³/mol. The van der Waals surface area contributed by atoms with Crippen LogP contribution < -0.4 is 10.5 Å². The molecule has 1 aromatic rings. The van der Waals surface area contributed by atoms with Gasteiger partial charge >= 0.3 is 6.03 Å². The molecule has 0 spiro atoms. The Hall–Kier alpha value is -2.30. The molecule has 0 aromatic heterocycles. The first kappa shape index (κ1) is 17.1. The molecule has 1 heterocycles. The van der Waals surface area contributed by atoms with Gasteiger partial charge in [-0.1, -0.05) is 11.8 Å². The van der Waals surface area contributed by atoms with E-state index in [1.165, 1.54) is 12.1 Å². The zero-order chi connectivity index (χ0) is 16.7. The number of carbonyl (C=O) groups excluding carboxylic acids is 1. The average molecular weight is 322 g/mol. The second-order valence-corrected chi connectivity index (χ2v) is 5.12. The molecule has 2 rings (SSSR count). The maximum Gasteiger partial charge on any atom is 0.338 e. The molecule has 2 amide bonds. The highest BCUT2D eigenvalue weighted by Gasteiger charge is 2.24. The van der Waals surface area contributed by atoms with E-state index in [-0.39, 0.29) is 24.6 Å². The number of carbonyl (C=O) groups is 1. The van der Waals surface area contributed by atoms with E-state index in [0.717, 1.165) is 12.8 Å². The van der Waals surface area contributed by atoms with Crippen molar-refractivity contribution in [2.24, 2.45) is 5.73 Å². The van der Waals surface area contributed by atoms with Gasteiger partial charge in [-0.3, -0.25) is 5.21 Å². The topological polar surface area (TPSA) is 85.0 Å². The van der Waals surface area contributed by atoms with Gasteiger partial charge in [0.05, 0.1) is 12.6 Å². The SMILES string of the molecule is NC(=O)N(O)CCC#C[C@@H]1CC[C@@H](COc2ccc(F)cc2)O1. The lowest BCUT2D eigenvalue weighted by Gasteiger charge is -2.12. The highest BCUT2D eigenvalue weighted by molar-refractivity contribution is 5.70. The fraction of sp³-hybridized carbons (Fsp3) is 0.438. The van der Waals surface area contributed by atoms with E-state index in [0.29, 0.717) is 23.8 Å². The number of rotatable bonds is 5. The Labute approximate surface area is 133 Å². The van der Waals surface area contributed by atoms with E-state index in [9.17, 15) is 9.18 Å². The number of nitrogens with two attached hydrogens (primary N) is 1. The Bertz CT molecular complexity index is 582. The number of urea groups is 1. The summed E-state index contributed by atoms with van der Waals surface area (Å²) in [4.78, 5) is 10.6. The Morgan fingerprint density at radius 2 is 2.17 bits per heavy atom. The molecule has 0 unspecified atom stereocenters. The van der Waals surface area contributed by atoms with Gasteiger partial charge in [0, 0.05) is 6.42 Å². The molecule has 0 saturated carbocycles. The van der Waals surface area contributed by atoms with Crippen LogP contribution in [-0.4, -0.2) is 41.7 Å². The lowest BCUT2D eigenvalue weighted by molar-refractivity contribution is -0.0373. The van der Waals surface area contributed by atoms with Crippen LogP contribution >= 0.6 is 0 Å². The summed E-state index contributed by atoms with van der Waals surface area (Å²) in [7, 11) is 0. The summed E-state index contributed by atoms with van der Waals surface area (Å²) < 4.78 is 24.0. The molecule has 0 radical (unpaired) electrons. The molecule has 7 heteroatoms. The molecule has 0 bridgehead atoms. The van der Waals surface area contributed by atoms with Crippen LogP contribution in [0.25, 0.3) is 0 Å². The second kappa shape index (κ2) is 8.36. The number of primary amides is 1. The lowest BCUT2D eigenvalue weighted by atomic mass is 10.2. The quantitative estimate of drug-likeness (QED) is 0.493. The molecule has 2 atom stereocenters. The number of hydrogen-bond donors (Lipinski definition) is 2. The zero-order valence-corrected chi connectivity index (χ0v) is 12.6. The third kappa shape index (κ3) is 5.77. The fourth-order valence-corrected chi connectivity index (χ4v) is 2.11. The Morgan fingerprint density at radius 1 is 1.43 bits per heavy atom. The van der Waals surface area contributed by atoms with Crippen molar-refractivity contribution in [2.75, 3.05) is 13.2 Å². The standard InChI is InChI=1S/C16H19FN2O4/c17-12-4-6-13(7-5-12)22-11-15-9-8-14(23-15)3-1-2-10-19(21)16(18)20/h4-7,14-15,21H,2,8-11H2,(H2,18,20)/t14-,15+/m1/s1. The van der Waals surface area contributed by atoms with Crippen molar-refractivity contribution in [1.82, 2.24) is 5.06 Å². The minimum absolute atomic E-state index is 0.0562. The fourth-order valence-electron chi connectivity index (χ4n) is 2.11. The van der Waals surface area contributed by atoms with Crippen molar-refractivity contribution in [2.45, 2.75) is 31.5 Å². The third-order valence-corrected chi connectivity index (χ3v) is 3.32. The normalized spacial score (nSPS) is 19.7. The average Bonchev–Trinajstić information content (AvgIpc) is 2.98. The van der Waals surface area contributed by atoms with Crippen LogP contribution in [0.5, 0.6) is 5.75 Å². The van der Waals surface area contributed by atoms with Gasteiger partial charge in [-0.25, -0.2) is 14.2 Å². The largest absolute Gasteiger partial charge is 0.491 e. The lowest BCUT2D eigenvalue weighted by Crippen LogP contribution is -2.33. The summed E-state index contributed by atoms with van der Waals surface area (Å²) in [6.45, 7) is 0.446. The highest BCUT2D eigenvalue weighted by atomic mass is 19.1. The number of halogens is 1. The van der Waals surface area contributed by atoms with Gasteiger partial charge in [0.15, 0.2) is 0 Å². The maximum absolute atomic E-state index is 12.8. The Morgan fingerprint density at radius 3 is 2.87 bits per heavy atom. The van der Waals surface area contributed by atoms with Gasteiger partial charge in [0.2, 0.25) is 0 Å². The number of hydrogen-bond acceptors (Lipinski definition) is 4. The molecule has 1 aliphatic rings. The van der Waals surface area contributed by atoms with Crippen LogP contribution in [-0.2, 0) is 4.74 Å². The Balaban J connectivity index is 1.68. The van der Waals surface area contributed by atoms with Crippen LogP contribution in [0.1, 0.15) is 19.3 Å². The van der Waals surface area contributed by atoms with Crippen molar-refractivity contribution in [1.29, 1.82) is 0 Å². The molecular formula is C16H19FN2O4. The van der Waals surface area contributed by atoms with E-state index in [4.69, 9.17) is 20.4 Å². The monoisotopic (exact) mass is 322 g/mol. The summed E-state index contributed by atoms with van der Waals surface area (Å²) in [6.07, 6.45) is 1.70. The van der Waals surface area contributed by atoms with Gasteiger partial charge in [-0.15, -0.1) is 0 Å².